The molecule has 0 radical (unpaired) electrons. The molecule has 0 unspecified atom stereocenters. The van der Waals surface area contributed by atoms with Gasteiger partial charge in [-0.3, -0.25) is 0 Å². The summed E-state index contributed by atoms with van der Waals surface area (Å²) in [4.78, 5) is 3.19. The molecule has 0 saturated heterocycles. The largest absolute Gasteiger partial charge is 1.00 e. The van der Waals surface area contributed by atoms with Crippen molar-refractivity contribution < 1.29 is 25.8 Å². The predicted molar refractivity (Wildman–Crippen MR) is 68.2 cm³/mol. The van der Waals surface area contributed by atoms with Gasteiger partial charge in [0.1, 0.15) is 0 Å². The molecule has 0 bridgehead atoms. The van der Waals surface area contributed by atoms with E-state index in [1.165, 1.54) is 0 Å². The van der Waals surface area contributed by atoms with Crippen LogP contribution in [-0.2, 0) is 16.6 Å². The third-order valence-corrected chi connectivity index (χ3v) is 3.99. The van der Waals surface area contributed by atoms with Gasteiger partial charge in [-0.25, -0.2) is 18.1 Å². The Morgan fingerprint density at radius 1 is 1.16 bits per heavy atom. The van der Waals surface area contributed by atoms with Gasteiger partial charge in [0.05, 0.1) is 4.90 Å². The minimum atomic E-state index is -3.44. The third-order valence-electron chi connectivity index (χ3n) is 2.57. The summed E-state index contributed by atoms with van der Waals surface area (Å²) in [6.45, 7) is 2.19. The SMILES string of the molecule is Cc1ccc(S(=O)(=O)NCc2ccc[nH+]c2)cc1.[Cl-]. The molecule has 6 heteroatoms. The monoisotopic (exact) mass is 298 g/mol. The van der Waals surface area contributed by atoms with Gasteiger partial charge < -0.3 is 12.4 Å². The maximum absolute atomic E-state index is 12.0. The quantitative estimate of drug-likeness (QED) is 0.731. The Kier molecular flexibility index (Phi) is 5.47. The molecular weight excluding hydrogens is 284 g/mol. The second-order valence-corrected chi connectivity index (χ2v) is 5.82. The van der Waals surface area contributed by atoms with Gasteiger partial charge in [-0.15, -0.1) is 0 Å². The number of hydrogen-bond acceptors (Lipinski definition) is 2. The number of rotatable bonds is 4. The van der Waals surface area contributed by atoms with Crippen molar-refractivity contribution in [1.82, 2.24) is 4.72 Å². The summed E-state index contributed by atoms with van der Waals surface area (Å²) in [7, 11) is -3.44. The molecule has 0 atom stereocenters. The summed E-state index contributed by atoms with van der Waals surface area (Å²) in [5.74, 6) is 0. The average Bonchev–Trinajstić information content (AvgIpc) is 2.38. The first kappa shape index (κ1) is 15.6. The van der Waals surface area contributed by atoms with Gasteiger partial charge >= 0.3 is 0 Å². The molecule has 0 saturated carbocycles. The molecular formula is C13H15ClN2O2S. The highest BCUT2D eigenvalue weighted by atomic mass is 35.5. The van der Waals surface area contributed by atoms with Crippen LogP contribution in [-0.4, -0.2) is 8.42 Å². The number of aromatic amines is 1. The molecule has 4 nitrogen and oxygen atoms in total. The van der Waals surface area contributed by atoms with Crippen molar-refractivity contribution in [2.75, 3.05) is 0 Å². The Labute approximate surface area is 119 Å². The van der Waals surface area contributed by atoms with Crippen molar-refractivity contribution >= 4 is 10.0 Å². The topological polar surface area (TPSA) is 60.3 Å². The Morgan fingerprint density at radius 2 is 1.84 bits per heavy atom. The van der Waals surface area contributed by atoms with Gasteiger partial charge in [-0.2, -0.15) is 0 Å². The van der Waals surface area contributed by atoms with E-state index in [4.69, 9.17) is 0 Å². The van der Waals surface area contributed by atoms with Crippen LogP contribution in [0.1, 0.15) is 11.1 Å². The number of H-pyrrole nitrogens is 1. The Balaban J connectivity index is 0.00000180. The van der Waals surface area contributed by atoms with Crippen molar-refractivity contribution in [1.29, 1.82) is 0 Å². The van der Waals surface area contributed by atoms with E-state index in [1.54, 1.807) is 36.7 Å². The van der Waals surface area contributed by atoms with Gasteiger partial charge in [0.25, 0.3) is 0 Å². The maximum atomic E-state index is 12.0. The molecule has 19 heavy (non-hydrogen) atoms. The lowest BCUT2D eigenvalue weighted by Gasteiger charge is -2.06. The normalized spacial score (nSPS) is 10.8. The number of aryl methyl sites for hydroxylation is 1. The zero-order valence-electron chi connectivity index (χ0n) is 10.4. The minimum absolute atomic E-state index is 0. The summed E-state index contributed by atoms with van der Waals surface area (Å²) in [6, 6.07) is 10.5. The molecule has 1 aromatic heterocycles. The molecule has 0 amide bonds. The van der Waals surface area contributed by atoms with Crippen LogP contribution in [0.4, 0.5) is 0 Å². The number of pyridine rings is 1. The Morgan fingerprint density at radius 3 is 2.42 bits per heavy atom. The number of halogens is 1. The lowest BCUT2D eigenvalue weighted by Crippen LogP contribution is -3.00. The van der Waals surface area contributed by atoms with Crippen LogP contribution in [0.25, 0.3) is 0 Å². The summed E-state index contributed by atoms with van der Waals surface area (Å²) in [6.07, 6.45) is 3.54. The Hall–Kier alpha value is -1.43. The van der Waals surface area contributed by atoms with E-state index in [1.807, 2.05) is 19.1 Å². The average molecular weight is 299 g/mol. The van der Waals surface area contributed by atoms with Gasteiger partial charge in [0, 0.05) is 18.2 Å². The van der Waals surface area contributed by atoms with Crippen LogP contribution in [0.3, 0.4) is 0 Å². The van der Waals surface area contributed by atoms with Crippen LogP contribution in [0.15, 0.2) is 53.7 Å². The zero-order chi connectivity index (χ0) is 13.0. The molecule has 1 heterocycles. The standard InChI is InChI=1S/C13H14N2O2S.ClH/c1-11-4-6-13(7-5-11)18(16,17)15-10-12-3-2-8-14-9-12;/h2-9,15H,10H2,1H3;1H. The van der Waals surface area contributed by atoms with Gasteiger partial charge in [0.15, 0.2) is 12.4 Å². The van der Waals surface area contributed by atoms with E-state index < -0.39 is 10.0 Å². The maximum Gasteiger partial charge on any atom is 0.240 e. The van der Waals surface area contributed by atoms with E-state index in [-0.39, 0.29) is 23.8 Å². The van der Waals surface area contributed by atoms with Gasteiger partial charge in [0.2, 0.25) is 10.0 Å². The van der Waals surface area contributed by atoms with E-state index in [0.717, 1.165) is 11.1 Å². The van der Waals surface area contributed by atoms with Gasteiger partial charge in [-0.1, -0.05) is 17.7 Å². The molecule has 2 N–H and O–H groups in total. The molecule has 0 fully saturated rings. The minimum Gasteiger partial charge on any atom is -1.00 e. The predicted octanol–water partition coefficient (Wildman–Crippen LogP) is -1.71. The van der Waals surface area contributed by atoms with Crippen LogP contribution in [0.2, 0.25) is 0 Å². The van der Waals surface area contributed by atoms with Crippen LogP contribution in [0, 0.1) is 6.92 Å². The summed E-state index contributed by atoms with van der Waals surface area (Å²) in [5, 5.41) is 0. The number of aromatic nitrogens is 1. The highest BCUT2D eigenvalue weighted by molar-refractivity contribution is 7.89. The van der Waals surface area contributed by atoms with Crippen molar-refractivity contribution in [2.45, 2.75) is 18.4 Å². The highest BCUT2D eigenvalue weighted by Gasteiger charge is 2.13. The van der Waals surface area contributed by atoms with Crippen LogP contribution < -0.4 is 22.1 Å². The smallest absolute Gasteiger partial charge is 0.240 e. The molecule has 0 spiro atoms. The zero-order valence-corrected chi connectivity index (χ0v) is 12.0. The van der Waals surface area contributed by atoms with Crippen LogP contribution in [0.5, 0.6) is 0 Å². The highest BCUT2D eigenvalue weighted by Crippen LogP contribution is 2.10. The van der Waals surface area contributed by atoms with E-state index in [0.29, 0.717) is 0 Å². The van der Waals surface area contributed by atoms with Crippen LogP contribution >= 0.6 is 0 Å². The first-order valence-corrected chi connectivity index (χ1v) is 7.07. The van der Waals surface area contributed by atoms with E-state index in [2.05, 4.69) is 9.71 Å². The number of benzene rings is 1. The molecule has 0 aliphatic carbocycles. The second kappa shape index (κ2) is 6.65. The summed E-state index contributed by atoms with van der Waals surface area (Å²) in [5.41, 5.74) is 1.92. The summed E-state index contributed by atoms with van der Waals surface area (Å²) < 4.78 is 26.6. The first-order valence-electron chi connectivity index (χ1n) is 5.59. The fraction of sp³-hybridized carbons (Fsp3) is 0.154. The number of nitrogens with one attached hydrogen (secondary N) is 2. The lowest BCUT2D eigenvalue weighted by molar-refractivity contribution is -0.378. The summed E-state index contributed by atoms with van der Waals surface area (Å²) >= 11 is 0. The van der Waals surface area contributed by atoms with E-state index >= 15 is 0 Å². The molecule has 0 aliphatic rings. The fourth-order valence-corrected chi connectivity index (χ4v) is 2.54. The van der Waals surface area contributed by atoms with Crippen molar-refractivity contribution in [3.05, 3.63) is 59.9 Å². The molecule has 2 rings (SSSR count). The molecule has 102 valence electrons. The van der Waals surface area contributed by atoms with Crippen molar-refractivity contribution in [2.24, 2.45) is 0 Å². The molecule has 1 aromatic carbocycles. The number of sulfonamides is 1. The Bertz CT molecular complexity index is 613. The first-order chi connectivity index (χ1) is 8.58. The fourth-order valence-electron chi connectivity index (χ4n) is 1.52. The molecule has 2 aromatic rings. The van der Waals surface area contributed by atoms with Gasteiger partial charge in [-0.05, 0) is 25.1 Å². The molecule has 0 aliphatic heterocycles. The van der Waals surface area contributed by atoms with E-state index in [9.17, 15) is 8.42 Å². The number of hydrogen-bond donors (Lipinski definition) is 1. The second-order valence-electron chi connectivity index (χ2n) is 4.05. The third kappa shape index (κ3) is 4.31. The van der Waals surface area contributed by atoms with Crippen molar-refractivity contribution in [3.8, 4) is 0 Å². The van der Waals surface area contributed by atoms with Crippen molar-refractivity contribution in [3.63, 3.8) is 0 Å². The lowest BCUT2D eigenvalue weighted by atomic mass is 10.2.